The maximum Gasteiger partial charge on any atom is 0.343 e. The van der Waals surface area contributed by atoms with E-state index in [0.29, 0.717) is 30.2 Å². The molecule has 0 aromatic heterocycles. The first-order valence-electron chi connectivity index (χ1n) is 14.3. The quantitative estimate of drug-likeness (QED) is 0.154. The van der Waals surface area contributed by atoms with Gasteiger partial charge in [-0.1, -0.05) is 41.5 Å². The molecule has 3 aromatic carbocycles. The molecule has 10 nitrogen and oxygen atoms in total. The lowest BCUT2D eigenvalue weighted by molar-refractivity contribution is -0.138. The van der Waals surface area contributed by atoms with Gasteiger partial charge in [0, 0.05) is 24.6 Å². The predicted molar refractivity (Wildman–Crippen MR) is 163 cm³/mol. The van der Waals surface area contributed by atoms with Gasteiger partial charge in [0.2, 0.25) is 0 Å². The van der Waals surface area contributed by atoms with E-state index in [9.17, 15) is 24.3 Å². The van der Waals surface area contributed by atoms with Crippen LogP contribution in [0.15, 0.2) is 66.7 Å². The lowest BCUT2D eigenvalue weighted by atomic mass is 9.84. The minimum atomic E-state index is -0.663. The number of rotatable bonds is 13. The molecule has 3 rings (SSSR count). The van der Waals surface area contributed by atoms with Crippen molar-refractivity contribution in [2.45, 2.75) is 47.0 Å². The van der Waals surface area contributed by atoms with Crippen molar-refractivity contribution in [2.75, 3.05) is 19.7 Å². The number of aliphatic hydroxyl groups excluding tert-OH is 1. The topological polar surface area (TPSA) is 137 Å². The Labute approximate surface area is 257 Å². The zero-order valence-electron chi connectivity index (χ0n) is 25.8. The lowest BCUT2D eigenvalue weighted by Crippen LogP contribution is -2.34. The first-order valence-corrected chi connectivity index (χ1v) is 14.3. The molecule has 10 heteroatoms. The van der Waals surface area contributed by atoms with Crippen LogP contribution in [0, 0.1) is 11.8 Å². The first-order chi connectivity index (χ1) is 20.8. The Hall–Kier alpha value is -4.54. The zero-order chi connectivity index (χ0) is 32.4. The maximum atomic E-state index is 13.0. The average Bonchev–Trinajstić information content (AvgIpc) is 2.97. The number of nitrogens with one attached hydrogen (secondary N) is 1. The highest BCUT2D eigenvalue weighted by Crippen LogP contribution is 2.32. The van der Waals surface area contributed by atoms with Crippen LogP contribution in [0.5, 0.6) is 23.0 Å². The molecule has 0 atom stereocenters. The van der Waals surface area contributed by atoms with Gasteiger partial charge >= 0.3 is 23.9 Å². The Morgan fingerprint density at radius 1 is 0.659 bits per heavy atom. The Kier molecular flexibility index (Phi) is 11.8. The Bertz CT molecular complexity index is 1360. The van der Waals surface area contributed by atoms with Crippen LogP contribution in [0.25, 0.3) is 0 Å². The van der Waals surface area contributed by atoms with Gasteiger partial charge in [-0.15, -0.1) is 0 Å². The normalized spacial score (nSPS) is 11.3. The van der Waals surface area contributed by atoms with Gasteiger partial charge in [0.1, 0.15) is 23.0 Å². The van der Waals surface area contributed by atoms with Crippen LogP contribution in [0.2, 0.25) is 0 Å². The van der Waals surface area contributed by atoms with Crippen LogP contribution < -0.4 is 24.3 Å². The number of carbonyl (C=O) groups excluding carboxylic acids is 4. The van der Waals surface area contributed by atoms with Crippen molar-refractivity contribution in [1.82, 2.24) is 5.32 Å². The summed E-state index contributed by atoms with van der Waals surface area (Å²) >= 11 is 0. The Morgan fingerprint density at radius 3 is 1.43 bits per heavy atom. The molecule has 0 bridgehead atoms. The van der Waals surface area contributed by atoms with E-state index >= 15 is 0 Å². The number of carbonyl (C=O) groups is 4. The highest BCUT2D eigenvalue weighted by Gasteiger charge is 2.24. The molecule has 44 heavy (non-hydrogen) atoms. The zero-order valence-corrected chi connectivity index (χ0v) is 25.8. The van der Waals surface area contributed by atoms with Gasteiger partial charge in [0.15, 0.2) is 0 Å². The maximum absolute atomic E-state index is 13.0. The molecule has 0 aliphatic carbocycles. The van der Waals surface area contributed by atoms with Gasteiger partial charge < -0.3 is 29.4 Å². The summed E-state index contributed by atoms with van der Waals surface area (Å²) in [6.07, 6.45) is 0. The standard InChI is InChI=1S/C34H39NO9/c1-21(2)30(37)41-26-11-7-23(8-12-26)32(39)43-28-17-25(34(5,6)20-35-15-16-36)18-29(19-28)44-33(40)24-9-13-27(14-10-24)42-31(38)22(3)4/h7-14,17-19,21-22,35-36H,15-16,20H2,1-6H3. The largest absolute Gasteiger partial charge is 0.426 e. The molecular weight excluding hydrogens is 566 g/mol. The van der Waals surface area contributed by atoms with E-state index in [0.717, 1.165) is 0 Å². The van der Waals surface area contributed by atoms with Crippen LogP contribution >= 0.6 is 0 Å². The third-order valence-corrected chi connectivity index (χ3v) is 6.50. The van der Waals surface area contributed by atoms with Crippen molar-refractivity contribution >= 4 is 23.9 Å². The fourth-order valence-electron chi connectivity index (χ4n) is 3.78. The van der Waals surface area contributed by atoms with Crippen molar-refractivity contribution in [2.24, 2.45) is 11.8 Å². The molecule has 2 N–H and O–H groups in total. The summed E-state index contributed by atoms with van der Waals surface area (Å²) in [7, 11) is 0. The van der Waals surface area contributed by atoms with Gasteiger partial charge in [-0.05, 0) is 66.2 Å². The van der Waals surface area contributed by atoms with Crippen LogP contribution in [0.3, 0.4) is 0 Å². The van der Waals surface area contributed by atoms with E-state index in [-0.39, 0.29) is 53.0 Å². The molecule has 234 valence electrons. The van der Waals surface area contributed by atoms with Crippen molar-refractivity contribution in [3.63, 3.8) is 0 Å². The van der Waals surface area contributed by atoms with E-state index in [1.54, 1.807) is 39.8 Å². The van der Waals surface area contributed by atoms with E-state index in [1.165, 1.54) is 54.6 Å². The van der Waals surface area contributed by atoms with Crippen molar-refractivity contribution in [3.8, 4) is 23.0 Å². The number of hydrogen-bond acceptors (Lipinski definition) is 10. The van der Waals surface area contributed by atoms with Crippen LogP contribution in [0.4, 0.5) is 0 Å². The monoisotopic (exact) mass is 605 g/mol. The highest BCUT2D eigenvalue weighted by molar-refractivity contribution is 5.92. The van der Waals surface area contributed by atoms with Crippen LogP contribution in [0.1, 0.15) is 67.8 Å². The third-order valence-electron chi connectivity index (χ3n) is 6.50. The summed E-state index contributed by atoms with van der Waals surface area (Å²) in [6.45, 7) is 11.6. The molecule has 0 saturated heterocycles. The first kappa shape index (κ1) is 34.0. The molecule has 0 aliphatic rings. The Balaban J connectivity index is 1.83. The van der Waals surface area contributed by atoms with E-state index in [2.05, 4.69) is 5.32 Å². The molecule has 0 unspecified atom stereocenters. The highest BCUT2D eigenvalue weighted by atomic mass is 16.6. The predicted octanol–water partition coefficient (Wildman–Crippen LogP) is 5.11. The second-order valence-electron chi connectivity index (χ2n) is 11.5. The second kappa shape index (κ2) is 15.3. The number of benzene rings is 3. The van der Waals surface area contributed by atoms with Gasteiger partial charge in [-0.2, -0.15) is 0 Å². The van der Waals surface area contributed by atoms with E-state index < -0.39 is 17.4 Å². The summed E-state index contributed by atoms with van der Waals surface area (Å²) < 4.78 is 21.9. The summed E-state index contributed by atoms with van der Waals surface area (Å²) in [5, 5.41) is 12.3. The summed E-state index contributed by atoms with van der Waals surface area (Å²) in [4.78, 5) is 49.8. The van der Waals surface area contributed by atoms with E-state index in [1.807, 2.05) is 13.8 Å². The SMILES string of the molecule is CC(C)C(=O)Oc1ccc(C(=O)Oc2cc(OC(=O)c3ccc(OC(=O)C(C)C)cc3)cc(C(C)(C)CNCCO)c2)cc1. The molecule has 0 aliphatic heterocycles. The smallest absolute Gasteiger partial charge is 0.343 e. The average molecular weight is 606 g/mol. The third kappa shape index (κ3) is 9.75. The van der Waals surface area contributed by atoms with Gasteiger partial charge in [0.25, 0.3) is 0 Å². The molecule has 0 saturated carbocycles. The molecule has 3 aromatic rings. The van der Waals surface area contributed by atoms with Crippen LogP contribution in [-0.2, 0) is 15.0 Å². The fourth-order valence-corrected chi connectivity index (χ4v) is 3.78. The summed E-state index contributed by atoms with van der Waals surface area (Å²) in [6, 6.07) is 16.8. The number of ether oxygens (including phenoxy) is 4. The molecule has 0 amide bonds. The van der Waals surface area contributed by atoms with Gasteiger partial charge in [-0.3, -0.25) is 9.59 Å². The van der Waals surface area contributed by atoms with Crippen molar-refractivity contribution in [3.05, 3.63) is 83.4 Å². The summed E-state index contributed by atoms with van der Waals surface area (Å²) in [5.41, 5.74) is 0.645. The van der Waals surface area contributed by atoms with Gasteiger partial charge in [0.05, 0.1) is 29.6 Å². The van der Waals surface area contributed by atoms with Crippen LogP contribution in [-0.4, -0.2) is 48.7 Å². The minimum absolute atomic E-state index is 0.0263. The second-order valence-corrected chi connectivity index (χ2v) is 11.5. The van der Waals surface area contributed by atoms with Crippen molar-refractivity contribution in [1.29, 1.82) is 0 Å². The molecule has 0 heterocycles. The molecular formula is C34H39NO9. The lowest BCUT2D eigenvalue weighted by Gasteiger charge is -2.26. The fraction of sp³-hybridized carbons (Fsp3) is 0.353. The van der Waals surface area contributed by atoms with Gasteiger partial charge in [-0.25, -0.2) is 9.59 Å². The molecule has 0 radical (unpaired) electrons. The minimum Gasteiger partial charge on any atom is -0.426 e. The van der Waals surface area contributed by atoms with E-state index in [4.69, 9.17) is 18.9 Å². The number of aliphatic hydroxyl groups is 1. The molecule has 0 spiro atoms. The Morgan fingerprint density at radius 2 is 1.07 bits per heavy atom. The number of esters is 4. The molecule has 0 fully saturated rings. The number of hydrogen-bond donors (Lipinski definition) is 2. The van der Waals surface area contributed by atoms with Crippen molar-refractivity contribution < 1.29 is 43.2 Å². The summed E-state index contributed by atoms with van der Waals surface area (Å²) in [5.74, 6) is -1.79.